The highest BCUT2D eigenvalue weighted by molar-refractivity contribution is 7.89. The van der Waals surface area contributed by atoms with E-state index in [1.165, 1.54) is 35.5 Å². The van der Waals surface area contributed by atoms with E-state index in [1.54, 1.807) is 12.2 Å². The number of sulfonamides is 1. The van der Waals surface area contributed by atoms with Gasteiger partial charge >= 0.3 is 5.97 Å². The molecule has 0 saturated carbocycles. The van der Waals surface area contributed by atoms with Gasteiger partial charge < -0.3 is 4.74 Å². The number of ketones is 1. The standard InChI is InChI=1S/C18H23NO5S/c1-3-4-13-24-18(21)17-7-5-6-12-19(17)25(22,23)16-10-8-15(9-11-16)14(2)20/h3-4,8-11,17H,5-7,12-13H2,1-2H3/b4-3+. The summed E-state index contributed by atoms with van der Waals surface area (Å²) < 4.78 is 32.2. The molecule has 1 heterocycles. The van der Waals surface area contributed by atoms with Crippen molar-refractivity contribution in [2.45, 2.75) is 44.0 Å². The average molecular weight is 365 g/mol. The molecule has 7 heteroatoms. The van der Waals surface area contributed by atoms with Gasteiger partial charge in [-0.05, 0) is 45.2 Å². The van der Waals surface area contributed by atoms with Gasteiger partial charge in [-0.2, -0.15) is 4.31 Å². The van der Waals surface area contributed by atoms with Crippen molar-refractivity contribution in [1.82, 2.24) is 4.31 Å². The van der Waals surface area contributed by atoms with E-state index in [0.29, 0.717) is 18.4 Å². The maximum atomic E-state index is 12.9. The highest BCUT2D eigenvalue weighted by atomic mass is 32.2. The zero-order valence-electron chi connectivity index (χ0n) is 14.5. The van der Waals surface area contributed by atoms with Gasteiger partial charge in [0.1, 0.15) is 12.6 Å². The molecule has 6 nitrogen and oxygen atoms in total. The Hall–Kier alpha value is -1.99. The highest BCUT2D eigenvalue weighted by Gasteiger charge is 2.38. The van der Waals surface area contributed by atoms with Crippen LogP contribution in [0.1, 0.15) is 43.5 Å². The summed E-state index contributed by atoms with van der Waals surface area (Å²) >= 11 is 0. The van der Waals surface area contributed by atoms with Gasteiger partial charge in [0.05, 0.1) is 4.90 Å². The van der Waals surface area contributed by atoms with E-state index < -0.39 is 22.0 Å². The topological polar surface area (TPSA) is 80.8 Å². The van der Waals surface area contributed by atoms with Gasteiger partial charge in [-0.25, -0.2) is 8.42 Å². The van der Waals surface area contributed by atoms with Gasteiger partial charge in [0.2, 0.25) is 10.0 Å². The van der Waals surface area contributed by atoms with Crippen LogP contribution in [0.15, 0.2) is 41.3 Å². The van der Waals surface area contributed by atoms with E-state index in [4.69, 9.17) is 4.74 Å². The summed E-state index contributed by atoms with van der Waals surface area (Å²) in [5.41, 5.74) is 0.444. The number of esters is 1. The second kappa shape index (κ2) is 8.40. The fraction of sp³-hybridized carbons (Fsp3) is 0.444. The molecule has 1 atom stereocenters. The molecule has 1 aliphatic rings. The summed E-state index contributed by atoms with van der Waals surface area (Å²) in [4.78, 5) is 23.7. The number of nitrogens with zero attached hydrogens (tertiary/aromatic N) is 1. The lowest BCUT2D eigenvalue weighted by atomic mass is 10.1. The molecular weight excluding hydrogens is 342 g/mol. The zero-order valence-corrected chi connectivity index (χ0v) is 15.3. The monoisotopic (exact) mass is 365 g/mol. The Morgan fingerprint density at radius 3 is 2.52 bits per heavy atom. The third-order valence-corrected chi connectivity index (χ3v) is 6.07. The Kier molecular flexibility index (Phi) is 6.50. The summed E-state index contributed by atoms with van der Waals surface area (Å²) in [6.07, 6.45) is 5.38. The lowest BCUT2D eigenvalue weighted by Crippen LogP contribution is -2.48. The Balaban J connectivity index is 2.24. The molecule has 0 bridgehead atoms. The highest BCUT2D eigenvalue weighted by Crippen LogP contribution is 2.26. The molecular formula is C18H23NO5S. The number of benzene rings is 1. The van der Waals surface area contributed by atoms with E-state index in [0.717, 1.165) is 6.42 Å². The van der Waals surface area contributed by atoms with Crippen LogP contribution >= 0.6 is 0 Å². The van der Waals surface area contributed by atoms with Crippen LogP contribution in [-0.4, -0.2) is 43.7 Å². The zero-order chi connectivity index (χ0) is 18.4. The van der Waals surface area contributed by atoms with Crippen molar-refractivity contribution in [3.05, 3.63) is 42.0 Å². The third kappa shape index (κ3) is 4.55. The van der Waals surface area contributed by atoms with Crippen LogP contribution in [0.3, 0.4) is 0 Å². The molecule has 1 aromatic rings. The van der Waals surface area contributed by atoms with Gasteiger partial charge in [0.25, 0.3) is 0 Å². The van der Waals surface area contributed by atoms with Crippen LogP contribution < -0.4 is 0 Å². The van der Waals surface area contributed by atoms with Crippen molar-refractivity contribution in [2.75, 3.05) is 13.2 Å². The van der Waals surface area contributed by atoms with Gasteiger partial charge in [-0.15, -0.1) is 0 Å². The molecule has 136 valence electrons. The SMILES string of the molecule is C/C=C/COC(=O)C1CCCCN1S(=O)(=O)c1ccc(C(C)=O)cc1. The summed E-state index contributed by atoms with van der Waals surface area (Å²) in [6.45, 7) is 3.65. The third-order valence-electron chi connectivity index (χ3n) is 4.15. The minimum Gasteiger partial charge on any atom is -0.460 e. The number of piperidine rings is 1. The molecule has 0 spiro atoms. The second-order valence-corrected chi connectivity index (χ2v) is 7.80. The van der Waals surface area contributed by atoms with Crippen molar-refractivity contribution >= 4 is 21.8 Å². The Morgan fingerprint density at radius 2 is 1.92 bits per heavy atom. The van der Waals surface area contributed by atoms with E-state index in [1.807, 2.05) is 6.92 Å². The molecule has 2 rings (SSSR count). The van der Waals surface area contributed by atoms with Gasteiger partial charge in [0.15, 0.2) is 5.78 Å². The number of allylic oxidation sites excluding steroid dienone is 1. The quantitative estimate of drug-likeness (QED) is 0.440. The summed E-state index contributed by atoms with van der Waals surface area (Å²) in [5, 5.41) is 0. The first-order valence-corrected chi connectivity index (χ1v) is 9.72. The maximum absolute atomic E-state index is 12.9. The van der Waals surface area contributed by atoms with Crippen LogP contribution in [0.25, 0.3) is 0 Å². The predicted molar refractivity (Wildman–Crippen MR) is 93.8 cm³/mol. The minimum absolute atomic E-state index is 0.0747. The van der Waals surface area contributed by atoms with E-state index >= 15 is 0 Å². The number of hydrogen-bond donors (Lipinski definition) is 0. The molecule has 1 aromatic carbocycles. The molecule has 1 fully saturated rings. The molecule has 0 amide bonds. The summed E-state index contributed by atoms with van der Waals surface area (Å²) in [5.74, 6) is -0.658. The number of carbonyl (C=O) groups excluding carboxylic acids is 2. The first kappa shape index (κ1) is 19.3. The van der Waals surface area contributed by atoms with Crippen molar-refractivity contribution in [3.8, 4) is 0 Å². The molecule has 25 heavy (non-hydrogen) atoms. The molecule has 0 aromatic heterocycles. The minimum atomic E-state index is -3.83. The average Bonchev–Trinajstić information content (AvgIpc) is 2.62. The number of ether oxygens (including phenoxy) is 1. The normalized spacial score (nSPS) is 19.0. The summed E-state index contributed by atoms with van der Waals surface area (Å²) in [7, 11) is -3.83. The van der Waals surface area contributed by atoms with Gasteiger partial charge in [-0.1, -0.05) is 24.3 Å². The van der Waals surface area contributed by atoms with Gasteiger partial charge in [-0.3, -0.25) is 9.59 Å². The summed E-state index contributed by atoms with van der Waals surface area (Å²) in [6, 6.07) is 4.97. The first-order chi connectivity index (χ1) is 11.9. The molecule has 1 unspecified atom stereocenters. The fourth-order valence-electron chi connectivity index (χ4n) is 2.75. The van der Waals surface area contributed by atoms with Crippen LogP contribution in [0.5, 0.6) is 0 Å². The smallest absolute Gasteiger partial charge is 0.324 e. The fourth-order valence-corrected chi connectivity index (χ4v) is 4.39. The Morgan fingerprint density at radius 1 is 1.24 bits per heavy atom. The van der Waals surface area contributed by atoms with Crippen LogP contribution in [-0.2, 0) is 19.6 Å². The molecule has 0 N–H and O–H groups in total. The number of hydrogen-bond acceptors (Lipinski definition) is 5. The van der Waals surface area contributed by atoms with E-state index in [-0.39, 0.29) is 23.8 Å². The number of carbonyl (C=O) groups is 2. The van der Waals surface area contributed by atoms with Crippen LogP contribution in [0.4, 0.5) is 0 Å². The van der Waals surface area contributed by atoms with Crippen LogP contribution in [0, 0.1) is 0 Å². The number of rotatable bonds is 6. The van der Waals surface area contributed by atoms with Crippen LogP contribution in [0.2, 0.25) is 0 Å². The molecule has 1 saturated heterocycles. The van der Waals surface area contributed by atoms with Crippen molar-refractivity contribution in [1.29, 1.82) is 0 Å². The Labute approximate surface area is 148 Å². The molecule has 0 radical (unpaired) electrons. The van der Waals surface area contributed by atoms with E-state index in [2.05, 4.69) is 0 Å². The lowest BCUT2D eigenvalue weighted by Gasteiger charge is -2.32. The van der Waals surface area contributed by atoms with Crippen molar-refractivity contribution in [3.63, 3.8) is 0 Å². The number of Topliss-reactive ketones (excluding diaryl/α,β-unsaturated/α-hetero) is 1. The van der Waals surface area contributed by atoms with E-state index in [9.17, 15) is 18.0 Å². The first-order valence-electron chi connectivity index (χ1n) is 8.28. The molecule has 1 aliphatic heterocycles. The second-order valence-electron chi connectivity index (χ2n) is 5.91. The predicted octanol–water partition coefficient (Wildman–Crippen LogP) is 2.55. The lowest BCUT2D eigenvalue weighted by molar-refractivity contribution is -0.147. The Bertz CT molecular complexity index is 752. The largest absolute Gasteiger partial charge is 0.460 e. The van der Waals surface area contributed by atoms with Crippen molar-refractivity contribution < 1.29 is 22.7 Å². The van der Waals surface area contributed by atoms with Crippen molar-refractivity contribution in [2.24, 2.45) is 0 Å². The molecule has 0 aliphatic carbocycles. The van der Waals surface area contributed by atoms with Gasteiger partial charge in [0, 0.05) is 12.1 Å². The maximum Gasteiger partial charge on any atom is 0.324 e.